The fraction of sp³-hybridized carbons (Fsp3) is 0.882. The van der Waals surface area contributed by atoms with Gasteiger partial charge in [-0.2, -0.15) is 0 Å². The van der Waals surface area contributed by atoms with Crippen molar-refractivity contribution in [2.24, 2.45) is 28.2 Å². The van der Waals surface area contributed by atoms with Crippen LogP contribution in [-0.4, -0.2) is 24.6 Å². The summed E-state index contributed by atoms with van der Waals surface area (Å²) in [6, 6.07) is 0. The Balaban J connectivity index is 1.60. The standard InChI is InChI=1S/C17H29N3O2/c1-4-22-16(21)15-18-14(19-20-15)10-17(3)8-12-5-11(2)6-13(7-12)9-17/h11-14,19H,4-10H2,1-3H3,(H,18,20). The molecule has 0 spiro atoms. The highest BCUT2D eigenvalue weighted by Crippen LogP contribution is 2.52. The Bertz CT molecular complexity index is 445. The van der Waals surface area contributed by atoms with Crippen LogP contribution in [0.2, 0.25) is 0 Å². The van der Waals surface area contributed by atoms with Crippen LogP contribution < -0.4 is 10.9 Å². The number of rotatable bonds is 4. The van der Waals surface area contributed by atoms with E-state index < -0.39 is 0 Å². The molecular formula is C17H29N3O2. The van der Waals surface area contributed by atoms with Crippen molar-refractivity contribution in [2.75, 3.05) is 6.61 Å². The Hall–Kier alpha value is -1.10. The summed E-state index contributed by atoms with van der Waals surface area (Å²) in [4.78, 5) is 16.2. The van der Waals surface area contributed by atoms with Gasteiger partial charge in [-0.15, -0.1) is 0 Å². The summed E-state index contributed by atoms with van der Waals surface area (Å²) < 4.78 is 4.99. The zero-order valence-electron chi connectivity index (χ0n) is 14.0. The summed E-state index contributed by atoms with van der Waals surface area (Å²) in [5, 5.41) is 0. The molecule has 2 N–H and O–H groups in total. The van der Waals surface area contributed by atoms with E-state index in [4.69, 9.17) is 4.74 Å². The predicted molar refractivity (Wildman–Crippen MR) is 86.1 cm³/mol. The molecule has 0 saturated heterocycles. The van der Waals surface area contributed by atoms with E-state index in [2.05, 4.69) is 29.7 Å². The number of hydrogen-bond acceptors (Lipinski definition) is 5. The van der Waals surface area contributed by atoms with Crippen LogP contribution in [0.15, 0.2) is 4.99 Å². The maximum Gasteiger partial charge on any atom is 0.375 e. The van der Waals surface area contributed by atoms with Gasteiger partial charge in [-0.25, -0.2) is 15.2 Å². The highest BCUT2D eigenvalue weighted by Gasteiger charge is 2.42. The van der Waals surface area contributed by atoms with Crippen molar-refractivity contribution in [3.05, 3.63) is 0 Å². The molecule has 0 radical (unpaired) electrons. The number of hydrazine groups is 1. The summed E-state index contributed by atoms with van der Waals surface area (Å²) in [7, 11) is 0. The van der Waals surface area contributed by atoms with Crippen LogP contribution in [0, 0.1) is 23.2 Å². The van der Waals surface area contributed by atoms with Gasteiger partial charge in [0.15, 0.2) is 0 Å². The molecule has 124 valence electrons. The first-order chi connectivity index (χ1) is 10.5. The normalized spacial score (nSPS) is 40.8. The van der Waals surface area contributed by atoms with E-state index in [0.29, 0.717) is 17.9 Å². The lowest BCUT2D eigenvalue weighted by molar-refractivity contribution is -0.135. The van der Waals surface area contributed by atoms with Crippen molar-refractivity contribution in [1.29, 1.82) is 0 Å². The van der Waals surface area contributed by atoms with Crippen LogP contribution in [0.4, 0.5) is 0 Å². The largest absolute Gasteiger partial charge is 0.460 e. The van der Waals surface area contributed by atoms with Crippen LogP contribution in [0.25, 0.3) is 0 Å². The third-order valence-corrected chi connectivity index (χ3v) is 5.50. The van der Waals surface area contributed by atoms with E-state index in [1.165, 1.54) is 32.1 Å². The minimum Gasteiger partial charge on any atom is -0.460 e. The highest BCUT2D eigenvalue weighted by molar-refractivity contribution is 6.35. The van der Waals surface area contributed by atoms with Gasteiger partial charge in [-0.1, -0.05) is 13.8 Å². The number of fused-ring (bicyclic) bond motifs is 2. The second-order valence-corrected chi connectivity index (χ2v) is 7.95. The van der Waals surface area contributed by atoms with Crippen LogP contribution >= 0.6 is 0 Å². The molecule has 22 heavy (non-hydrogen) atoms. The summed E-state index contributed by atoms with van der Waals surface area (Å²) in [6.45, 7) is 6.99. The van der Waals surface area contributed by atoms with Crippen LogP contribution in [-0.2, 0) is 9.53 Å². The van der Waals surface area contributed by atoms with Crippen molar-refractivity contribution in [3.8, 4) is 0 Å². The zero-order chi connectivity index (χ0) is 15.7. The molecule has 0 aromatic heterocycles. The summed E-state index contributed by atoms with van der Waals surface area (Å²) in [5.74, 6) is 2.62. The average molecular weight is 307 g/mol. The van der Waals surface area contributed by atoms with Gasteiger partial charge in [0.1, 0.15) is 6.17 Å². The number of aliphatic imine (C=N–C) groups is 1. The van der Waals surface area contributed by atoms with Crippen LogP contribution in [0.3, 0.4) is 0 Å². The topological polar surface area (TPSA) is 62.7 Å². The fourth-order valence-electron chi connectivity index (χ4n) is 5.11. The van der Waals surface area contributed by atoms with E-state index in [9.17, 15) is 4.79 Å². The molecule has 2 aliphatic carbocycles. The van der Waals surface area contributed by atoms with E-state index >= 15 is 0 Å². The monoisotopic (exact) mass is 307 g/mol. The summed E-state index contributed by atoms with van der Waals surface area (Å²) in [5.41, 5.74) is 6.35. The number of ether oxygens (including phenoxy) is 1. The second kappa shape index (κ2) is 6.19. The number of carbonyl (C=O) groups is 1. The number of esters is 1. The van der Waals surface area contributed by atoms with Crippen molar-refractivity contribution >= 4 is 11.8 Å². The number of nitrogens with one attached hydrogen (secondary N) is 2. The SMILES string of the molecule is CCOC(=O)C1=NC(CC2(C)CC3CC(C)CC(C3)C2)NN1. The summed E-state index contributed by atoms with van der Waals surface area (Å²) >= 11 is 0. The lowest BCUT2D eigenvalue weighted by Crippen LogP contribution is -2.42. The maximum atomic E-state index is 11.7. The Kier molecular flexibility index (Phi) is 4.44. The number of hydrogen-bond donors (Lipinski definition) is 2. The van der Waals surface area contributed by atoms with Gasteiger partial charge in [0.25, 0.3) is 0 Å². The van der Waals surface area contributed by atoms with Gasteiger partial charge in [0.05, 0.1) is 6.61 Å². The molecule has 0 aromatic rings. The van der Waals surface area contributed by atoms with Gasteiger partial charge in [-0.3, -0.25) is 5.43 Å². The number of nitrogens with zero attached hydrogens (tertiary/aromatic N) is 1. The van der Waals surface area contributed by atoms with Gasteiger partial charge >= 0.3 is 5.97 Å². The first-order valence-electron chi connectivity index (χ1n) is 8.74. The number of amidine groups is 1. The Morgan fingerprint density at radius 1 is 1.32 bits per heavy atom. The zero-order valence-corrected chi connectivity index (χ0v) is 14.0. The minimum absolute atomic E-state index is 0.0133. The first-order valence-corrected chi connectivity index (χ1v) is 8.74. The molecule has 5 heteroatoms. The molecule has 3 aliphatic rings. The lowest BCUT2D eigenvalue weighted by Gasteiger charge is -2.47. The van der Waals surface area contributed by atoms with Crippen molar-refractivity contribution in [3.63, 3.8) is 0 Å². The Morgan fingerprint density at radius 3 is 2.64 bits per heavy atom. The molecule has 1 aliphatic heterocycles. The lowest BCUT2D eigenvalue weighted by atomic mass is 9.58. The first kappa shape index (κ1) is 15.8. The van der Waals surface area contributed by atoms with Gasteiger partial charge in [-0.05, 0) is 68.6 Å². The van der Waals surface area contributed by atoms with E-state index in [1.54, 1.807) is 6.92 Å². The molecule has 2 bridgehead atoms. The Morgan fingerprint density at radius 2 is 2.00 bits per heavy atom. The van der Waals surface area contributed by atoms with Crippen molar-refractivity contribution in [2.45, 2.75) is 65.5 Å². The minimum atomic E-state index is -0.364. The molecule has 5 nitrogen and oxygen atoms in total. The van der Waals surface area contributed by atoms with E-state index in [1.807, 2.05) is 0 Å². The Labute approximate surface area is 133 Å². The highest BCUT2D eigenvalue weighted by atomic mass is 16.5. The molecule has 2 saturated carbocycles. The fourth-order valence-corrected chi connectivity index (χ4v) is 5.11. The molecule has 0 aromatic carbocycles. The van der Waals surface area contributed by atoms with Gasteiger partial charge < -0.3 is 4.74 Å². The molecule has 3 rings (SSSR count). The third kappa shape index (κ3) is 3.45. The molecule has 0 amide bonds. The third-order valence-electron chi connectivity index (χ3n) is 5.50. The molecule has 1 heterocycles. The van der Waals surface area contributed by atoms with Crippen molar-refractivity contribution in [1.82, 2.24) is 10.9 Å². The maximum absolute atomic E-state index is 11.7. The van der Waals surface area contributed by atoms with Gasteiger partial charge in [0, 0.05) is 0 Å². The molecule has 3 unspecified atom stereocenters. The second-order valence-electron chi connectivity index (χ2n) is 7.95. The number of carbonyl (C=O) groups excluding carboxylic acids is 1. The van der Waals surface area contributed by atoms with E-state index in [0.717, 1.165) is 24.2 Å². The van der Waals surface area contributed by atoms with Crippen molar-refractivity contribution < 1.29 is 9.53 Å². The summed E-state index contributed by atoms with van der Waals surface area (Å²) in [6.07, 6.45) is 7.78. The molecule has 3 atom stereocenters. The smallest absolute Gasteiger partial charge is 0.375 e. The van der Waals surface area contributed by atoms with Crippen LogP contribution in [0.5, 0.6) is 0 Å². The average Bonchev–Trinajstić information content (AvgIpc) is 2.84. The molecule has 2 fully saturated rings. The quantitative estimate of drug-likeness (QED) is 0.784. The predicted octanol–water partition coefficient (Wildman–Crippen LogP) is 2.62. The molecular weight excluding hydrogens is 278 g/mol. The van der Waals surface area contributed by atoms with Gasteiger partial charge in [0.2, 0.25) is 5.84 Å². The van der Waals surface area contributed by atoms with Crippen LogP contribution in [0.1, 0.15) is 59.3 Å². The van der Waals surface area contributed by atoms with E-state index in [-0.39, 0.29) is 12.1 Å².